The fourth-order valence-electron chi connectivity index (χ4n) is 6.37. The predicted molar refractivity (Wildman–Crippen MR) is 170 cm³/mol. The number of likely N-dealkylation sites (N-methyl/N-ethyl adjacent to an activating group) is 1. The van der Waals surface area contributed by atoms with Crippen molar-refractivity contribution < 1.29 is 19.1 Å². The molecular formula is C35H43BrN2O4. The van der Waals surface area contributed by atoms with Crippen LogP contribution in [0.2, 0.25) is 0 Å². The van der Waals surface area contributed by atoms with Crippen molar-refractivity contribution in [3.63, 3.8) is 0 Å². The van der Waals surface area contributed by atoms with Crippen molar-refractivity contribution >= 4 is 33.4 Å². The Bertz CT molecular complexity index is 1380. The van der Waals surface area contributed by atoms with Gasteiger partial charge in [-0.3, -0.25) is 14.4 Å². The Morgan fingerprint density at radius 1 is 0.929 bits per heavy atom. The van der Waals surface area contributed by atoms with E-state index in [-0.39, 0.29) is 34.9 Å². The van der Waals surface area contributed by atoms with Crippen LogP contribution in [0.25, 0.3) is 0 Å². The number of amides is 1. The van der Waals surface area contributed by atoms with E-state index in [0.717, 1.165) is 34.3 Å². The quantitative estimate of drug-likeness (QED) is 0.374. The van der Waals surface area contributed by atoms with Gasteiger partial charge in [0.25, 0.3) is 5.91 Å². The lowest BCUT2D eigenvalue weighted by Crippen LogP contribution is -2.44. The van der Waals surface area contributed by atoms with Crippen molar-refractivity contribution in [1.82, 2.24) is 10.2 Å². The maximum atomic E-state index is 13.8. The molecule has 1 heterocycles. The molecule has 42 heavy (non-hydrogen) atoms. The van der Waals surface area contributed by atoms with Gasteiger partial charge >= 0.3 is 0 Å². The summed E-state index contributed by atoms with van der Waals surface area (Å²) in [6.45, 7) is 13.3. The molecule has 0 saturated heterocycles. The van der Waals surface area contributed by atoms with Gasteiger partial charge in [0.15, 0.2) is 18.2 Å². The number of carbonyl (C=O) groups excluding carboxylic acids is 3. The fourth-order valence-corrected chi connectivity index (χ4v) is 6.75. The molecule has 0 aromatic heterocycles. The molecule has 1 amide bonds. The van der Waals surface area contributed by atoms with Gasteiger partial charge in [-0.1, -0.05) is 79.5 Å². The maximum Gasteiger partial charge on any atom is 0.257 e. The summed E-state index contributed by atoms with van der Waals surface area (Å²) < 4.78 is 6.78. The predicted octanol–water partition coefficient (Wildman–Crippen LogP) is 7.27. The van der Waals surface area contributed by atoms with Crippen molar-refractivity contribution in [2.24, 2.45) is 10.8 Å². The number of nitrogens with one attached hydrogen (secondary N) is 1. The first-order chi connectivity index (χ1) is 19.8. The number of hydrogen-bond acceptors (Lipinski definition) is 5. The minimum atomic E-state index is -0.507. The summed E-state index contributed by atoms with van der Waals surface area (Å²) in [7, 11) is 1.56. The summed E-state index contributed by atoms with van der Waals surface area (Å²) in [5.74, 6) is -0.0689. The highest BCUT2D eigenvalue weighted by Gasteiger charge is 2.49. The number of hydrogen-bond donors (Lipinski definition) is 1. The molecular weight excluding hydrogens is 592 g/mol. The number of nitrogens with zero attached hydrogens (tertiary/aromatic N) is 1. The normalized spacial score (nSPS) is 19.5. The minimum Gasteiger partial charge on any atom is -0.483 e. The molecule has 5 rings (SSSR count). The van der Waals surface area contributed by atoms with Gasteiger partial charge in [0.05, 0.1) is 0 Å². The minimum absolute atomic E-state index is 0.0844. The number of halogens is 1. The van der Waals surface area contributed by atoms with Gasteiger partial charge in [-0.25, -0.2) is 0 Å². The van der Waals surface area contributed by atoms with E-state index in [2.05, 4.69) is 79.8 Å². The first kappa shape index (κ1) is 31.7. The van der Waals surface area contributed by atoms with E-state index in [1.54, 1.807) is 7.05 Å². The summed E-state index contributed by atoms with van der Waals surface area (Å²) in [6, 6.07) is 15.9. The van der Waals surface area contributed by atoms with Gasteiger partial charge in [0.1, 0.15) is 5.75 Å². The number of allylic oxidation sites excluding steroid dienone is 4. The van der Waals surface area contributed by atoms with Gasteiger partial charge in [-0.2, -0.15) is 0 Å². The molecule has 3 aliphatic rings. The van der Waals surface area contributed by atoms with Gasteiger partial charge in [-0.05, 0) is 55.7 Å². The fraction of sp³-hybridized carbons (Fsp3) is 0.457. The van der Waals surface area contributed by atoms with Crippen LogP contribution in [0.3, 0.4) is 0 Å². The average Bonchev–Trinajstić information content (AvgIpc) is 2.90. The lowest BCUT2D eigenvalue weighted by molar-refractivity contribution is -0.123. The number of ether oxygens (including phenoxy) is 1. The van der Waals surface area contributed by atoms with Gasteiger partial charge in [0, 0.05) is 64.9 Å². The van der Waals surface area contributed by atoms with Crippen LogP contribution in [0, 0.1) is 17.8 Å². The molecule has 7 heteroatoms. The average molecular weight is 636 g/mol. The van der Waals surface area contributed by atoms with Crippen molar-refractivity contribution in [2.45, 2.75) is 73.1 Å². The first-order valence-electron chi connectivity index (χ1n) is 14.7. The second-order valence-electron chi connectivity index (χ2n) is 13.1. The molecule has 2 aromatic carbocycles. The Hall–Kier alpha value is -3.19. The molecule has 6 nitrogen and oxygen atoms in total. The zero-order valence-electron chi connectivity index (χ0n) is 25.9. The summed E-state index contributed by atoms with van der Waals surface area (Å²) in [5.41, 5.74) is 5.23. The maximum absolute atomic E-state index is 13.8. The lowest BCUT2D eigenvalue weighted by Gasteiger charge is -2.49. The molecule has 1 aliphatic heterocycles. The smallest absolute Gasteiger partial charge is 0.257 e. The molecule has 2 aliphatic carbocycles. The number of benzene rings is 2. The molecule has 0 fully saturated rings. The topological polar surface area (TPSA) is 75.7 Å². The summed E-state index contributed by atoms with van der Waals surface area (Å²) in [6.07, 6.45) is 2.41. The van der Waals surface area contributed by atoms with E-state index < -0.39 is 5.92 Å². The largest absolute Gasteiger partial charge is 0.483 e. The van der Waals surface area contributed by atoms with Crippen LogP contribution in [-0.2, 0) is 14.4 Å². The van der Waals surface area contributed by atoms with Gasteiger partial charge in [0.2, 0.25) is 0 Å². The van der Waals surface area contributed by atoms with Crippen molar-refractivity contribution in [1.29, 1.82) is 0 Å². The van der Waals surface area contributed by atoms with Gasteiger partial charge < -0.3 is 15.0 Å². The van der Waals surface area contributed by atoms with E-state index in [9.17, 15) is 14.4 Å². The second-order valence-corrected chi connectivity index (χ2v) is 14.0. The third kappa shape index (κ3) is 6.88. The van der Waals surface area contributed by atoms with Crippen LogP contribution in [0.1, 0.15) is 77.3 Å². The van der Waals surface area contributed by atoms with Crippen LogP contribution in [0.15, 0.2) is 75.5 Å². The molecule has 2 aromatic rings. The van der Waals surface area contributed by atoms with Crippen LogP contribution < -0.4 is 10.1 Å². The van der Waals surface area contributed by atoms with E-state index in [4.69, 9.17) is 4.74 Å². The van der Waals surface area contributed by atoms with E-state index >= 15 is 0 Å². The SMILES string of the molecule is CCN1C2=C(C(=O)CC(C)(C)C2)C(c2cc(Br)ccc2OCC(=O)NC)C2=C1CC(C)(C)CC2=O.Cc1ccccc1. The number of rotatable bonds is 5. The molecule has 0 bridgehead atoms. The van der Waals surface area contributed by atoms with Gasteiger partial charge in [-0.15, -0.1) is 0 Å². The van der Waals surface area contributed by atoms with Crippen molar-refractivity contribution in [3.05, 3.63) is 86.7 Å². The zero-order valence-corrected chi connectivity index (χ0v) is 27.5. The molecule has 0 atom stereocenters. The van der Waals surface area contributed by atoms with Crippen LogP contribution in [0.5, 0.6) is 5.75 Å². The zero-order chi connectivity index (χ0) is 30.8. The number of carbonyl (C=O) groups is 3. The van der Waals surface area contributed by atoms with E-state index in [1.165, 1.54) is 5.56 Å². The number of ketones is 2. The summed E-state index contributed by atoms with van der Waals surface area (Å²) >= 11 is 3.58. The Labute approximate surface area is 258 Å². The van der Waals surface area contributed by atoms with E-state index in [1.807, 2.05) is 36.4 Å². The molecule has 0 unspecified atom stereocenters. The highest BCUT2D eigenvalue weighted by atomic mass is 79.9. The number of aryl methyl sites for hydroxylation is 1. The van der Waals surface area contributed by atoms with E-state index in [0.29, 0.717) is 36.3 Å². The Morgan fingerprint density at radius 2 is 1.48 bits per heavy atom. The Balaban J connectivity index is 0.000000507. The molecule has 0 radical (unpaired) electrons. The highest BCUT2D eigenvalue weighted by molar-refractivity contribution is 9.10. The number of Topliss-reactive ketones (excluding diaryl/α,β-unsaturated/α-hetero) is 2. The first-order valence-corrected chi connectivity index (χ1v) is 15.5. The molecule has 0 spiro atoms. The monoisotopic (exact) mass is 634 g/mol. The molecule has 1 N–H and O–H groups in total. The van der Waals surface area contributed by atoms with Crippen LogP contribution >= 0.6 is 15.9 Å². The Kier molecular flexibility index (Phi) is 9.51. The third-order valence-corrected chi connectivity index (χ3v) is 8.69. The molecule has 224 valence electrons. The van der Waals surface area contributed by atoms with Crippen LogP contribution in [-0.4, -0.2) is 42.6 Å². The molecule has 0 saturated carbocycles. The summed E-state index contributed by atoms with van der Waals surface area (Å²) in [5, 5.41) is 2.57. The Morgan fingerprint density at radius 3 is 1.93 bits per heavy atom. The second kappa shape index (κ2) is 12.6. The van der Waals surface area contributed by atoms with Crippen molar-refractivity contribution in [3.8, 4) is 5.75 Å². The third-order valence-electron chi connectivity index (χ3n) is 8.20. The van der Waals surface area contributed by atoms with Crippen LogP contribution in [0.4, 0.5) is 0 Å². The standard InChI is InChI=1S/C28H35BrN2O4.C7H8/c1-7-31-18-11-27(2,3)13-20(32)25(18)24(26-19(31)12-28(4,5)14-21(26)33)17-10-16(29)8-9-22(17)35-15-23(34)30-6;1-7-5-3-2-4-6-7/h8-10,24H,7,11-15H2,1-6H3,(H,30,34);2-6H,1H3. The van der Waals surface area contributed by atoms with Crippen molar-refractivity contribution in [2.75, 3.05) is 20.2 Å². The highest BCUT2D eigenvalue weighted by Crippen LogP contribution is 2.55. The summed E-state index contributed by atoms with van der Waals surface area (Å²) in [4.78, 5) is 41.7. The lowest BCUT2D eigenvalue weighted by atomic mass is 9.63.